The number of Topliss-reactive ketones (excluding diaryl/α,β-unsaturated/α-hetero) is 1. The van der Waals surface area contributed by atoms with E-state index in [1.807, 2.05) is 6.08 Å². The van der Waals surface area contributed by atoms with Crippen LogP contribution < -0.4 is 5.32 Å². The Hall–Kier alpha value is -0.630. The predicted octanol–water partition coefficient (Wildman–Crippen LogP) is 3.08. The minimum atomic E-state index is 0.317. The van der Waals surface area contributed by atoms with E-state index in [1.165, 1.54) is 25.7 Å². The topological polar surface area (TPSA) is 29.1 Å². The maximum absolute atomic E-state index is 10.7. The number of unbranched alkanes of at least 4 members (excludes halogenated alkanes) is 4. The van der Waals surface area contributed by atoms with Crippen LogP contribution in [-0.4, -0.2) is 18.9 Å². The molecular formula is C13H25NO. The van der Waals surface area contributed by atoms with Crippen molar-refractivity contribution in [3.05, 3.63) is 12.7 Å². The van der Waals surface area contributed by atoms with Gasteiger partial charge in [0.1, 0.15) is 5.78 Å². The van der Waals surface area contributed by atoms with Crippen LogP contribution in [0.2, 0.25) is 0 Å². The van der Waals surface area contributed by atoms with E-state index >= 15 is 0 Å². The van der Waals surface area contributed by atoms with E-state index < -0.39 is 0 Å². The molecule has 2 heteroatoms. The fraction of sp³-hybridized carbons (Fsp3) is 0.769. The molecule has 1 N–H and O–H groups in total. The molecule has 0 saturated heterocycles. The summed E-state index contributed by atoms with van der Waals surface area (Å²) in [5, 5.41) is 3.41. The van der Waals surface area contributed by atoms with Crippen molar-refractivity contribution in [3.63, 3.8) is 0 Å². The first-order valence-electron chi connectivity index (χ1n) is 6.08. The summed E-state index contributed by atoms with van der Waals surface area (Å²) in [4.78, 5) is 10.7. The second kappa shape index (κ2) is 11.4. The third kappa shape index (κ3) is 13.4. The first kappa shape index (κ1) is 14.4. The number of allylic oxidation sites excluding steroid dienone is 1. The van der Waals surface area contributed by atoms with Crippen molar-refractivity contribution < 1.29 is 4.79 Å². The molecule has 0 spiro atoms. The molecule has 0 aliphatic rings. The summed E-state index contributed by atoms with van der Waals surface area (Å²) >= 11 is 0. The van der Waals surface area contributed by atoms with Crippen molar-refractivity contribution in [2.24, 2.45) is 0 Å². The number of carbonyl (C=O) groups excluding carboxylic acids is 1. The Balaban J connectivity index is 2.92. The van der Waals surface area contributed by atoms with E-state index in [2.05, 4.69) is 11.9 Å². The largest absolute Gasteiger partial charge is 0.317 e. The zero-order valence-electron chi connectivity index (χ0n) is 10.1. The molecule has 0 aromatic carbocycles. The van der Waals surface area contributed by atoms with Crippen LogP contribution in [0.25, 0.3) is 0 Å². The molecule has 0 bridgehead atoms. The second-order valence-corrected chi connectivity index (χ2v) is 4.05. The van der Waals surface area contributed by atoms with Crippen LogP contribution in [0.4, 0.5) is 0 Å². The van der Waals surface area contributed by atoms with Crippen LogP contribution in [0.1, 0.15) is 51.9 Å². The highest BCUT2D eigenvalue weighted by atomic mass is 16.1. The third-order valence-corrected chi connectivity index (χ3v) is 2.39. The first-order valence-corrected chi connectivity index (χ1v) is 6.08. The van der Waals surface area contributed by atoms with Gasteiger partial charge in [-0.15, -0.1) is 6.58 Å². The molecule has 0 aromatic heterocycles. The van der Waals surface area contributed by atoms with Gasteiger partial charge >= 0.3 is 0 Å². The van der Waals surface area contributed by atoms with Gasteiger partial charge in [0.05, 0.1) is 0 Å². The number of carbonyl (C=O) groups is 1. The number of hydrogen-bond donors (Lipinski definition) is 1. The summed E-state index contributed by atoms with van der Waals surface area (Å²) in [6, 6.07) is 0. The molecule has 0 aliphatic carbocycles. The summed E-state index contributed by atoms with van der Waals surface area (Å²) in [7, 11) is 0. The molecule has 15 heavy (non-hydrogen) atoms. The average Bonchev–Trinajstić information content (AvgIpc) is 2.20. The quantitative estimate of drug-likeness (QED) is 0.420. The molecule has 0 unspecified atom stereocenters. The monoisotopic (exact) mass is 211 g/mol. The normalized spacial score (nSPS) is 10.2. The van der Waals surface area contributed by atoms with E-state index in [-0.39, 0.29) is 0 Å². The van der Waals surface area contributed by atoms with Gasteiger partial charge in [0.15, 0.2) is 0 Å². The Kier molecular flexibility index (Phi) is 11.0. The number of nitrogens with one attached hydrogen (secondary N) is 1. The summed E-state index contributed by atoms with van der Waals surface area (Å²) in [6.45, 7) is 7.56. The fourth-order valence-electron chi connectivity index (χ4n) is 1.47. The Morgan fingerprint density at radius 3 is 2.47 bits per heavy atom. The molecule has 0 fully saturated rings. The molecule has 0 aromatic rings. The van der Waals surface area contributed by atoms with E-state index in [0.717, 1.165) is 32.4 Å². The predicted molar refractivity (Wildman–Crippen MR) is 66.1 cm³/mol. The summed E-state index contributed by atoms with van der Waals surface area (Å²) in [5.74, 6) is 0.317. The zero-order chi connectivity index (χ0) is 11.4. The van der Waals surface area contributed by atoms with E-state index in [4.69, 9.17) is 0 Å². The van der Waals surface area contributed by atoms with Crippen LogP contribution in [0.5, 0.6) is 0 Å². The van der Waals surface area contributed by atoms with Gasteiger partial charge in [-0.25, -0.2) is 0 Å². The van der Waals surface area contributed by atoms with Gasteiger partial charge in [-0.1, -0.05) is 18.9 Å². The van der Waals surface area contributed by atoms with Crippen molar-refractivity contribution in [1.29, 1.82) is 0 Å². The van der Waals surface area contributed by atoms with Crippen LogP contribution in [0.3, 0.4) is 0 Å². The fourth-order valence-corrected chi connectivity index (χ4v) is 1.47. The second-order valence-electron chi connectivity index (χ2n) is 4.05. The van der Waals surface area contributed by atoms with Crippen molar-refractivity contribution in [2.75, 3.05) is 13.1 Å². The van der Waals surface area contributed by atoms with Crippen molar-refractivity contribution in [1.82, 2.24) is 5.32 Å². The lowest BCUT2D eigenvalue weighted by Crippen LogP contribution is -2.16. The zero-order valence-corrected chi connectivity index (χ0v) is 10.1. The molecule has 0 heterocycles. The van der Waals surface area contributed by atoms with Crippen LogP contribution in [-0.2, 0) is 4.79 Å². The highest BCUT2D eigenvalue weighted by molar-refractivity contribution is 5.75. The van der Waals surface area contributed by atoms with E-state index in [1.54, 1.807) is 6.92 Å². The van der Waals surface area contributed by atoms with Crippen LogP contribution in [0, 0.1) is 0 Å². The molecule has 0 saturated carbocycles. The van der Waals surface area contributed by atoms with Crippen LogP contribution in [0.15, 0.2) is 12.7 Å². The highest BCUT2D eigenvalue weighted by Crippen LogP contribution is 2.02. The lowest BCUT2D eigenvalue weighted by Gasteiger charge is -2.03. The van der Waals surface area contributed by atoms with Crippen LogP contribution >= 0.6 is 0 Å². The first-order chi connectivity index (χ1) is 7.27. The minimum Gasteiger partial charge on any atom is -0.317 e. The lowest BCUT2D eigenvalue weighted by molar-refractivity contribution is -0.117. The van der Waals surface area contributed by atoms with Gasteiger partial charge < -0.3 is 10.1 Å². The Morgan fingerprint density at radius 1 is 1.13 bits per heavy atom. The molecule has 2 nitrogen and oxygen atoms in total. The van der Waals surface area contributed by atoms with E-state index in [9.17, 15) is 4.79 Å². The van der Waals surface area contributed by atoms with Gasteiger partial charge in [0.2, 0.25) is 0 Å². The molecule has 0 atom stereocenters. The smallest absolute Gasteiger partial charge is 0.129 e. The Bertz CT molecular complexity index is 166. The number of hydrogen-bond acceptors (Lipinski definition) is 2. The van der Waals surface area contributed by atoms with Crippen molar-refractivity contribution in [3.8, 4) is 0 Å². The number of ketones is 1. The standard InChI is InChI=1S/C13H25NO/c1-3-4-8-11-14-12-9-6-5-7-10-13(2)15/h3,14H,1,4-12H2,2H3. The van der Waals surface area contributed by atoms with Gasteiger partial charge in [-0.3, -0.25) is 0 Å². The Morgan fingerprint density at radius 2 is 1.80 bits per heavy atom. The van der Waals surface area contributed by atoms with Gasteiger partial charge in [0.25, 0.3) is 0 Å². The molecule has 0 rings (SSSR count). The van der Waals surface area contributed by atoms with Crippen molar-refractivity contribution in [2.45, 2.75) is 51.9 Å². The Labute approximate surface area is 94.1 Å². The van der Waals surface area contributed by atoms with Crippen molar-refractivity contribution >= 4 is 5.78 Å². The molecular weight excluding hydrogens is 186 g/mol. The maximum Gasteiger partial charge on any atom is 0.129 e. The average molecular weight is 211 g/mol. The molecule has 88 valence electrons. The maximum atomic E-state index is 10.7. The minimum absolute atomic E-state index is 0.317. The molecule has 0 aliphatic heterocycles. The summed E-state index contributed by atoms with van der Waals surface area (Å²) in [6.07, 6.45) is 9.73. The van der Waals surface area contributed by atoms with Gasteiger partial charge in [-0.05, 0) is 45.7 Å². The lowest BCUT2D eigenvalue weighted by atomic mass is 10.1. The third-order valence-electron chi connectivity index (χ3n) is 2.39. The number of rotatable bonds is 11. The van der Waals surface area contributed by atoms with Gasteiger partial charge in [0, 0.05) is 6.42 Å². The molecule has 0 amide bonds. The highest BCUT2D eigenvalue weighted by Gasteiger charge is 1.93. The summed E-state index contributed by atoms with van der Waals surface area (Å²) < 4.78 is 0. The van der Waals surface area contributed by atoms with Gasteiger partial charge in [-0.2, -0.15) is 0 Å². The van der Waals surface area contributed by atoms with E-state index in [0.29, 0.717) is 5.78 Å². The SMILES string of the molecule is C=CCCCNCCCCCCC(C)=O. The molecule has 0 radical (unpaired) electrons. The summed E-state index contributed by atoms with van der Waals surface area (Å²) in [5.41, 5.74) is 0.